The molecule has 8 nitrogen and oxygen atoms in total. The summed E-state index contributed by atoms with van der Waals surface area (Å²) in [6.45, 7) is 2.20. The molecule has 1 atom stereocenters. The smallest absolute Gasteiger partial charge is 0.338 e. The average molecular weight is 372 g/mol. The molecule has 0 bridgehead atoms. The van der Waals surface area contributed by atoms with Crippen LogP contribution in [0, 0.1) is 11.3 Å². The van der Waals surface area contributed by atoms with Crippen molar-refractivity contribution in [3.8, 4) is 11.8 Å². The number of nitrogens with zero attached hydrogens (tertiary/aromatic N) is 1. The number of rotatable bonds is 6. The lowest BCUT2D eigenvalue weighted by Crippen LogP contribution is -2.27. The lowest BCUT2D eigenvalue weighted by molar-refractivity contribution is -0.140. The summed E-state index contributed by atoms with van der Waals surface area (Å²) in [5.74, 6) is -2.02. The van der Waals surface area contributed by atoms with Crippen LogP contribution in [0.25, 0.3) is 0 Å². The van der Waals surface area contributed by atoms with Gasteiger partial charge in [0.2, 0.25) is 5.88 Å². The highest BCUT2D eigenvalue weighted by atomic mass is 16.5. The number of hydrogen-bond acceptors (Lipinski definition) is 8. The molecule has 27 heavy (non-hydrogen) atoms. The zero-order chi connectivity index (χ0) is 20.0. The highest BCUT2D eigenvalue weighted by Crippen LogP contribution is 2.43. The van der Waals surface area contributed by atoms with Crippen LogP contribution in [-0.4, -0.2) is 32.8 Å². The number of methoxy groups -OCH3 is 2. The first kappa shape index (κ1) is 19.8. The van der Waals surface area contributed by atoms with Gasteiger partial charge in [0, 0.05) is 5.56 Å². The molecule has 2 N–H and O–H groups in total. The largest absolute Gasteiger partial charge is 0.494 e. The van der Waals surface area contributed by atoms with Gasteiger partial charge in [-0.2, -0.15) is 5.26 Å². The Morgan fingerprint density at radius 1 is 1.26 bits per heavy atom. The van der Waals surface area contributed by atoms with Gasteiger partial charge in [-0.15, -0.1) is 0 Å². The molecule has 1 unspecified atom stereocenters. The number of esters is 2. The van der Waals surface area contributed by atoms with Gasteiger partial charge in [-0.3, -0.25) is 4.79 Å². The second kappa shape index (κ2) is 8.76. The standard InChI is InChI=1S/C19H20N2O6/c1-4-26-13-8-6-5-7-11(13)16-12(10-20)18(21)27-14(9-15(22)24-2)17(16)19(23)25-3/h5-8,16H,4,9,21H2,1-3H3. The quantitative estimate of drug-likeness (QED) is 0.751. The van der Waals surface area contributed by atoms with Crippen LogP contribution in [0.5, 0.6) is 5.75 Å². The Kier molecular flexibility index (Phi) is 6.44. The minimum atomic E-state index is -0.904. The van der Waals surface area contributed by atoms with Crippen LogP contribution >= 0.6 is 0 Å². The molecule has 0 amide bonds. The molecular formula is C19H20N2O6. The zero-order valence-corrected chi connectivity index (χ0v) is 15.3. The van der Waals surface area contributed by atoms with Crippen molar-refractivity contribution in [2.24, 2.45) is 5.73 Å². The summed E-state index contributed by atoms with van der Waals surface area (Å²) in [6.07, 6.45) is -0.340. The number of nitrogens with two attached hydrogens (primary N) is 1. The van der Waals surface area contributed by atoms with Crippen molar-refractivity contribution in [2.45, 2.75) is 19.3 Å². The molecule has 2 rings (SSSR count). The number of nitriles is 1. The summed E-state index contributed by atoms with van der Waals surface area (Å²) in [4.78, 5) is 24.3. The molecule has 1 aromatic carbocycles. The highest BCUT2D eigenvalue weighted by molar-refractivity contribution is 5.93. The van der Waals surface area contributed by atoms with Crippen molar-refractivity contribution in [1.29, 1.82) is 5.26 Å². The first-order chi connectivity index (χ1) is 13.0. The van der Waals surface area contributed by atoms with Gasteiger partial charge in [0.15, 0.2) is 0 Å². The number of para-hydroxylation sites is 1. The summed E-state index contributed by atoms with van der Waals surface area (Å²) in [5.41, 5.74) is 6.47. The third-order valence-electron chi connectivity index (χ3n) is 3.96. The van der Waals surface area contributed by atoms with E-state index in [0.29, 0.717) is 17.9 Å². The maximum atomic E-state index is 12.5. The second-order valence-electron chi connectivity index (χ2n) is 5.48. The van der Waals surface area contributed by atoms with Crippen molar-refractivity contribution in [3.63, 3.8) is 0 Å². The van der Waals surface area contributed by atoms with Gasteiger partial charge in [0.25, 0.3) is 0 Å². The number of allylic oxidation sites excluding steroid dienone is 1. The van der Waals surface area contributed by atoms with Gasteiger partial charge in [-0.1, -0.05) is 18.2 Å². The Morgan fingerprint density at radius 2 is 1.96 bits per heavy atom. The first-order valence-electron chi connectivity index (χ1n) is 8.15. The number of ether oxygens (including phenoxy) is 4. The van der Waals surface area contributed by atoms with Crippen LogP contribution in [0.2, 0.25) is 0 Å². The van der Waals surface area contributed by atoms with E-state index in [1.165, 1.54) is 14.2 Å². The van der Waals surface area contributed by atoms with Crippen molar-refractivity contribution in [3.05, 3.63) is 52.6 Å². The van der Waals surface area contributed by atoms with Crippen molar-refractivity contribution < 1.29 is 28.5 Å². The molecule has 1 aromatic rings. The van der Waals surface area contributed by atoms with Gasteiger partial charge < -0.3 is 24.7 Å². The molecular weight excluding hydrogens is 352 g/mol. The molecule has 1 heterocycles. The number of hydrogen-bond donors (Lipinski definition) is 1. The fourth-order valence-electron chi connectivity index (χ4n) is 2.80. The van der Waals surface area contributed by atoms with Crippen molar-refractivity contribution in [1.82, 2.24) is 0 Å². The van der Waals surface area contributed by atoms with Gasteiger partial charge in [0.1, 0.15) is 29.6 Å². The number of carbonyl (C=O) groups is 2. The molecule has 0 saturated heterocycles. The monoisotopic (exact) mass is 372 g/mol. The molecule has 8 heteroatoms. The Labute approximate surface area is 156 Å². The van der Waals surface area contributed by atoms with Crippen LogP contribution < -0.4 is 10.5 Å². The van der Waals surface area contributed by atoms with E-state index in [9.17, 15) is 14.9 Å². The molecule has 142 valence electrons. The molecule has 0 radical (unpaired) electrons. The molecule has 0 aliphatic carbocycles. The van der Waals surface area contributed by atoms with E-state index in [4.69, 9.17) is 19.9 Å². The normalized spacial score (nSPS) is 16.3. The minimum Gasteiger partial charge on any atom is -0.494 e. The van der Waals surface area contributed by atoms with Crippen molar-refractivity contribution >= 4 is 11.9 Å². The van der Waals surface area contributed by atoms with E-state index >= 15 is 0 Å². The number of carbonyl (C=O) groups excluding carboxylic acids is 2. The Balaban J connectivity index is 2.73. The second-order valence-corrected chi connectivity index (χ2v) is 5.48. The van der Waals surface area contributed by atoms with E-state index in [0.717, 1.165) is 0 Å². The fourth-order valence-corrected chi connectivity index (χ4v) is 2.80. The summed E-state index contributed by atoms with van der Waals surface area (Å²) in [6, 6.07) is 8.92. The van der Waals surface area contributed by atoms with E-state index in [1.54, 1.807) is 24.3 Å². The lowest BCUT2D eigenvalue weighted by Gasteiger charge is -2.28. The van der Waals surface area contributed by atoms with E-state index in [-0.39, 0.29) is 29.2 Å². The summed E-state index contributed by atoms with van der Waals surface area (Å²) >= 11 is 0. The topological polar surface area (TPSA) is 121 Å². The summed E-state index contributed by atoms with van der Waals surface area (Å²) < 4.78 is 20.6. The van der Waals surface area contributed by atoms with Gasteiger partial charge in [-0.05, 0) is 13.0 Å². The van der Waals surface area contributed by atoms with Crippen LogP contribution in [0.4, 0.5) is 0 Å². The van der Waals surface area contributed by atoms with Gasteiger partial charge >= 0.3 is 11.9 Å². The molecule has 0 aromatic heterocycles. The lowest BCUT2D eigenvalue weighted by atomic mass is 9.82. The molecule has 1 aliphatic rings. The Bertz CT molecular complexity index is 850. The predicted molar refractivity (Wildman–Crippen MR) is 93.9 cm³/mol. The Morgan fingerprint density at radius 3 is 2.56 bits per heavy atom. The maximum absolute atomic E-state index is 12.5. The first-order valence-corrected chi connectivity index (χ1v) is 8.15. The third-order valence-corrected chi connectivity index (χ3v) is 3.96. The maximum Gasteiger partial charge on any atom is 0.338 e. The van der Waals surface area contributed by atoms with Gasteiger partial charge in [0.05, 0.1) is 32.3 Å². The van der Waals surface area contributed by atoms with Crippen LogP contribution in [0.1, 0.15) is 24.8 Å². The zero-order valence-electron chi connectivity index (χ0n) is 15.3. The number of benzene rings is 1. The van der Waals surface area contributed by atoms with E-state index in [2.05, 4.69) is 4.74 Å². The average Bonchev–Trinajstić information content (AvgIpc) is 2.67. The van der Waals surface area contributed by atoms with E-state index < -0.39 is 17.9 Å². The molecule has 0 fully saturated rings. The summed E-state index contributed by atoms with van der Waals surface area (Å²) in [7, 11) is 2.41. The fraction of sp³-hybridized carbons (Fsp3) is 0.316. The molecule has 0 spiro atoms. The molecule has 1 aliphatic heterocycles. The highest BCUT2D eigenvalue weighted by Gasteiger charge is 2.39. The van der Waals surface area contributed by atoms with Gasteiger partial charge in [-0.25, -0.2) is 4.79 Å². The third kappa shape index (κ3) is 4.03. The predicted octanol–water partition coefficient (Wildman–Crippen LogP) is 1.88. The Hall–Kier alpha value is -3.47. The van der Waals surface area contributed by atoms with Crippen LogP contribution in [0.3, 0.4) is 0 Å². The van der Waals surface area contributed by atoms with Crippen LogP contribution in [-0.2, 0) is 23.8 Å². The molecule has 0 saturated carbocycles. The SMILES string of the molecule is CCOc1ccccc1C1C(C#N)=C(N)OC(CC(=O)OC)=C1C(=O)OC. The minimum absolute atomic E-state index is 0.000744. The van der Waals surface area contributed by atoms with Crippen LogP contribution in [0.15, 0.2) is 47.1 Å². The van der Waals surface area contributed by atoms with E-state index in [1.807, 2.05) is 13.0 Å². The summed E-state index contributed by atoms with van der Waals surface area (Å²) in [5, 5.41) is 9.63. The van der Waals surface area contributed by atoms with Crippen molar-refractivity contribution in [2.75, 3.05) is 20.8 Å².